The van der Waals surface area contributed by atoms with E-state index in [-0.39, 0.29) is 11.8 Å². The number of hydrogen-bond donors (Lipinski definition) is 1. The van der Waals surface area contributed by atoms with Gasteiger partial charge in [-0.25, -0.2) is 4.79 Å². The Kier molecular flexibility index (Phi) is 4.64. The Morgan fingerprint density at radius 2 is 1.88 bits per heavy atom. The van der Waals surface area contributed by atoms with E-state index >= 15 is 0 Å². The molecular formula is C18H20N2O4. The topological polar surface area (TPSA) is 77.9 Å². The van der Waals surface area contributed by atoms with Crippen LogP contribution in [0.4, 0.5) is 5.69 Å². The summed E-state index contributed by atoms with van der Waals surface area (Å²) in [6, 6.07) is 6.71. The van der Waals surface area contributed by atoms with E-state index in [2.05, 4.69) is 0 Å². The Morgan fingerprint density at radius 3 is 2.50 bits per heavy atom. The van der Waals surface area contributed by atoms with Crippen molar-refractivity contribution in [2.45, 2.75) is 31.7 Å². The second-order valence-electron chi connectivity index (χ2n) is 6.10. The largest absolute Gasteiger partial charge is 0.480 e. The normalized spacial score (nSPS) is 21.0. The molecule has 6 nitrogen and oxygen atoms in total. The smallest absolute Gasteiger partial charge is 0.326 e. The standard InChI is InChI=1S/C18H20N2O4/c21-16-4-2-11-19(16)14-8-5-13(6-9-14)7-10-17(22)20-12-1-3-15(20)18(23)24/h5-10,15H,1-4,11-12H2,(H,23,24)/b10-7+. The van der Waals surface area contributed by atoms with Crippen LogP contribution >= 0.6 is 0 Å². The highest BCUT2D eigenvalue weighted by atomic mass is 16.4. The van der Waals surface area contributed by atoms with Crippen LogP contribution in [-0.2, 0) is 14.4 Å². The first kappa shape index (κ1) is 16.2. The zero-order chi connectivity index (χ0) is 17.1. The lowest BCUT2D eigenvalue weighted by molar-refractivity contribution is -0.146. The number of rotatable bonds is 4. The summed E-state index contributed by atoms with van der Waals surface area (Å²) in [5.41, 5.74) is 1.70. The van der Waals surface area contributed by atoms with Gasteiger partial charge in [0.25, 0.3) is 0 Å². The number of benzene rings is 1. The van der Waals surface area contributed by atoms with Gasteiger partial charge < -0.3 is 14.9 Å². The van der Waals surface area contributed by atoms with E-state index in [0.717, 1.165) is 30.6 Å². The predicted molar refractivity (Wildman–Crippen MR) is 89.4 cm³/mol. The van der Waals surface area contributed by atoms with Crippen molar-refractivity contribution in [2.24, 2.45) is 0 Å². The summed E-state index contributed by atoms with van der Waals surface area (Å²) < 4.78 is 0. The first-order valence-corrected chi connectivity index (χ1v) is 8.18. The number of carbonyl (C=O) groups excluding carboxylic acids is 2. The zero-order valence-electron chi connectivity index (χ0n) is 13.4. The summed E-state index contributed by atoms with van der Waals surface area (Å²) in [5, 5.41) is 9.12. The number of nitrogens with zero attached hydrogens (tertiary/aromatic N) is 2. The molecule has 2 fully saturated rings. The number of hydrogen-bond acceptors (Lipinski definition) is 3. The quantitative estimate of drug-likeness (QED) is 0.856. The van der Waals surface area contributed by atoms with Gasteiger partial charge >= 0.3 is 5.97 Å². The molecule has 0 aromatic heterocycles. The van der Waals surface area contributed by atoms with Gasteiger partial charge in [0.2, 0.25) is 11.8 Å². The summed E-state index contributed by atoms with van der Waals surface area (Å²) in [4.78, 5) is 38.2. The molecule has 6 heteroatoms. The fourth-order valence-electron chi connectivity index (χ4n) is 3.24. The third kappa shape index (κ3) is 3.32. The van der Waals surface area contributed by atoms with Crippen molar-refractivity contribution in [3.05, 3.63) is 35.9 Å². The fourth-order valence-corrected chi connectivity index (χ4v) is 3.24. The highest BCUT2D eigenvalue weighted by Gasteiger charge is 2.32. The van der Waals surface area contributed by atoms with Gasteiger partial charge in [-0.2, -0.15) is 0 Å². The zero-order valence-corrected chi connectivity index (χ0v) is 13.4. The Labute approximate surface area is 140 Å². The van der Waals surface area contributed by atoms with Crippen molar-refractivity contribution in [3.63, 3.8) is 0 Å². The first-order chi connectivity index (χ1) is 11.6. The minimum absolute atomic E-state index is 0.141. The molecule has 0 radical (unpaired) electrons. The lowest BCUT2D eigenvalue weighted by atomic mass is 10.1. The molecule has 1 unspecified atom stereocenters. The van der Waals surface area contributed by atoms with E-state index in [9.17, 15) is 14.4 Å². The van der Waals surface area contributed by atoms with Crippen LogP contribution in [-0.4, -0.2) is 46.9 Å². The van der Waals surface area contributed by atoms with Crippen LogP contribution in [0.5, 0.6) is 0 Å². The molecule has 2 saturated heterocycles. The van der Waals surface area contributed by atoms with Crippen molar-refractivity contribution in [2.75, 3.05) is 18.0 Å². The van der Waals surface area contributed by atoms with Gasteiger partial charge in [0, 0.05) is 31.3 Å². The van der Waals surface area contributed by atoms with Gasteiger partial charge in [-0.05, 0) is 43.0 Å². The molecule has 2 heterocycles. The van der Waals surface area contributed by atoms with Gasteiger partial charge in [0.1, 0.15) is 6.04 Å². The molecular weight excluding hydrogens is 308 g/mol. The molecule has 2 aliphatic heterocycles. The molecule has 1 atom stereocenters. The minimum atomic E-state index is -0.950. The van der Waals surface area contributed by atoms with E-state index in [0.29, 0.717) is 19.4 Å². The van der Waals surface area contributed by atoms with Gasteiger partial charge in [0.15, 0.2) is 0 Å². The van der Waals surface area contributed by atoms with Crippen molar-refractivity contribution in [1.82, 2.24) is 4.90 Å². The first-order valence-electron chi connectivity index (χ1n) is 8.18. The van der Waals surface area contributed by atoms with E-state index < -0.39 is 12.0 Å². The predicted octanol–water partition coefficient (Wildman–Crippen LogP) is 1.90. The number of carboxylic acids is 1. The average molecular weight is 328 g/mol. The average Bonchev–Trinajstić information content (AvgIpc) is 3.22. The molecule has 0 spiro atoms. The minimum Gasteiger partial charge on any atom is -0.480 e. The van der Waals surface area contributed by atoms with E-state index in [1.54, 1.807) is 11.0 Å². The second kappa shape index (κ2) is 6.86. The van der Waals surface area contributed by atoms with E-state index in [1.165, 1.54) is 11.0 Å². The molecule has 2 aliphatic rings. The molecule has 1 aromatic rings. The maximum atomic E-state index is 12.2. The van der Waals surface area contributed by atoms with Crippen LogP contribution in [0.15, 0.2) is 30.3 Å². The van der Waals surface area contributed by atoms with Gasteiger partial charge in [-0.3, -0.25) is 9.59 Å². The lowest BCUT2D eigenvalue weighted by Gasteiger charge is -2.19. The van der Waals surface area contributed by atoms with Crippen LogP contribution in [0.2, 0.25) is 0 Å². The molecule has 3 rings (SSSR count). The lowest BCUT2D eigenvalue weighted by Crippen LogP contribution is -2.39. The third-order valence-electron chi connectivity index (χ3n) is 4.52. The molecule has 24 heavy (non-hydrogen) atoms. The molecule has 0 saturated carbocycles. The maximum Gasteiger partial charge on any atom is 0.326 e. The molecule has 1 aromatic carbocycles. The Hall–Kier alpha value is -2.63. The van der Waals surface area contributed by atoms with Gasteiger partial charge in [0.05, 0.1) is 0 Å². The highest BCUT2D eigenvalue weighted by Crippen LogP contribution is 2.22. The Balaban J connectivity index is 1.65. The number of anilines is 1. The van der Waals surface area contributed by atoms with Crippen molar-refractivity contribution in [1.29, 1.82) is 0 Å². The molecule has 0 aliphatic carbocycles. The Morgan fingerprint density at radius 1 is 1.12 bits per heavy atom. The molecule has 0 bridgehead atoms. The summed E-state index contributed by atoms with van der Waals surface area (Å²) in [7, 11) is 0. The van der Waals surface area contributed by atoms with Crippen molar-refractivity contribution < 1.29 is 19.5 Å². The molecule has 1 N–H and O–H groups in total. The second-order valence-corrected chi connectivity index (χ2v) is 6.10. The monoisotopic (exact) mass is 328 g/mol. The summed E-state index contributed by atoms with van der Waals surface area (Å²) in [5.74, 6) is -1.09. The van der Waals surface area contributed by atoms with Crippen LogP contribution in [0, 0.1) is 0 Å². The molecule has 126 valence electrons. The Bertz CT molecular complexity index is 681. The van der Waals surface area contributed by atoms with E-state index in [4.69, 9.17) is 5.11 Å². The maximum absolute atomic E-state index is 12.2. The van der Waals surface area contributed by atoms with Crippen LogP contribution in [0.3, 0.4) is 0 Å². The summed E-state index contributed by atoms with van der Waals surface area (Å²) in [6.45, 7) is 1.23. The van der Waals surface area contributed by atoms with Gasteiger partial charge in [-0.1, -0.05) is 12.1 Å². The SMILES string of the molecule is O=C(O)C1CCCN1C(=O)/C=C/c1ccc(N2CCCC2=O)cc1. The number of aliphatic carboxylic acids is 1. The van der Waals surface area contributed by atoms with Crippen molar-refractivity contribution >= 4 is 29.5 Å². The van der Waals surface area contributed by atoms with Crippen LogP contribution in [0.1, 0.15) is 31.2 Å². The highest BCUT2D eigenvalue weighted by molar-refractivity contribution is 5.96. The third-order valence-corrected chi connectivity index (χ3v) is 4.52. The number of carbonyl (C=O) groups is 3. The number of carboxylic acid groups (broad SMARTS) is 1. The number of likely N-dealkylation sites (tertiary alicyclic amines) is 1. The van der Waals surface area contributed by atoms with Crippen molar-refractivity contribution in [3.8, 4) is 0 Å². The summed E-state index contributed by atoms with van der Waals surface area (Å²) >= 11 is 0. The number of amides is 2. The van der Waals surface area contributed by atoms with Gasteiger partial charge in [-0.15, -0.1) is 0 Å². The van der Waals surface area contributed by atoms with Crippen LogP contribution < -0.4 is 4.90 Å². The van der Waals surface area contributed by atoms with Crippen LogP contribution in [0.25, 0.3) is 6.08 Å². The van der Waals surface area contributed by atoms with E-state index in [1.807, 2.05) is 24.3 Å². The summed E-state index contributed by atoms with van der Waals surface area (Å²) in [6.07, 6.45) is 5.79. The fraction of sp³-hybridized carbons (Fsp3) is 0.389. The molecule has 2 amide bonds.